The Hall–Kier alpha value is -1.36. The molecule has 0 aliphatic carbocycles. The molecule has 18 heavy (non-hydrogen) atoms. The number of aromatic nitrogens is 3. The molecule has 2 rings (SSSR count). The van der Waals surface area contributed by atoms with E-state index in [0.29, 0.717) is 17.4 Å². The lowest BCUT2D eigenvalue weighted by Crippen LogP contribution is -2.24. The molecule has 1 heterocycles. The Kier molecular flexibility index (Phi) is 4.75. The lowest BCUT2D eigenvalue weighted by molar-refractivity contribution is 0.502. The minimum atomic E-state index is -0.0465. The normalized spacial score (nSPS) is 10.9. The Morgan fingerprint density at radius 2 is 1.89 bits per heavy atom. The van der Waals surface area contributed by atoms with E-state index < -0.39 is 0 Å². The molecule has 0 atom stereocenters. The van der Waals surface area contributed by atoms with Gasteiger partial charge in [0.25, 0.3) is 5.56 Å². The van der Waals surface area contributed by atoms with Crippen LogP contribution in [0.5, 0.6) is 0 Å². The fourth-order valence-corrected chi connectivity index (χ4v) is 2.12. The maximum absolute atomic E-state index is 12.1. The Morgan fingerprint density at radius 1 is 1.11 bits per heavy atom. The van der Waals surface area contributed by atoms with E-state index in [4.69, 9.17) is 0 Å². The monoisotopic (exact) mass is 263 g/mol. The number of hydrogen-bond acceptors (Lipinski definition) is 4. The zero-order chi connectivity index (χ0) is 12.8. The van der Waals surface area contributed by atoms with Crippen molar-refractivity contribution in [1.29, 1.82) is 0 Å². The van der Waals surface area contributed by atoms with E-state index in [9.17, 15) is 4.79 Å². The van der Waals surface area contributed by atoms with Crippen LogP contribution >= 0.6 is 12.6 Å². The van der Waals surface area contributed by atoms with Crippen LogP contribution in [0.1, 0.15) is 25.7 Å². The third-order valence-electron chi connectivity index (χ3n) is 2.91. The maximum atomic E-state index is 12.1. The predicted molar refractivity (Wildman–Crippen MR) is 76.1 cm³/mol. The highest BCUT2D eigenvalue weighted by atomic mass is 32.1. The summed E-state index contributed by atoms with van der Waals surface area (Å²) in [6, 6.07) is 7.31. The summed E-state index contributed by atoms with van der Waals surface area (Å²) in [6.45, 7) is 0.642. The van der Waals surface area contributed by atoms with E-state index in [1.807, 2.05) is 12.1 Å². The summed E-state index contributed by atoms with van der Waals surface area (Å²) in [5.41, 5.74) is 0.614. The van der Waals surface area contributed by atoms with Crippen LogP contribution in [0.25, 0.3) is 10.9 Å². The first-order chi connectivity index (χ1) is 8.83. The smallest absolute Gasteiger partial charge is 0.267 e. The van der Waals surface area contributed by atoms with Gasteiger partial charge in [0.1, 0.15) is 5.52 Å². The summed E-state index contributed by atoms with van der Waals surface area (Å²) in [4.78, 5) is 12.1. The van der Waals surface area contributed by atoms with Gasteiger partial charge in [0.05, 0.1) is 5.39 Å². The first-order valence-electron chi connectivity index (χ1n) is 6.26. The second-order valence-electron chi connectivity index (χ2n) is 4.27. The van der Waals surface area contributed by atoms with Crippen LogP contribution in [0.2, 0.25) is 0 Å². The Bertz CT molecular complexity index is 567. The molecule has 0 fully saturated rings. The van der Waals surface area contributed by atoms with Gasteiger partial charge in [-0.15, -0.1) is 5.10 Å². The fraction of sp³-hybridized carbons (Fsp3) is 0.462. The molecule has 0 bridgehead atoms. The molecule has 0 unspecified atom stereocenters. The minimum absolute atomic E-state index is 0.0465. The molecule has 0 saturated heterocycles. The minimum Gasteiger partial charge on any atom is -0.267 e. The molecular formula is C13H17N3OS. The zero-order valence-electron chi connectivity index (χ0n) is 10.2. The van der Waals surface area contributed by atoms with Gasteiger partial charge in [0, 0.05) is 6.54 Å². The van der Waals surface area contributed by atoms with Gasteiger partial charge in [-0.2, -0.15) is 12.6 Å². The molecule has 0 spiro atoms. The second kappa shape index (κ2) is 6.54. The van der Waals surface area contributed by atoms with Crippen LogP contribution in [0.4, 0.5) is 0 Å². The summed E-state index contributed by atoms with van der Waals surface area (Å²) in [6.07, 6.45) is 4.34. The van der Waals surface area contributed by atoms with Crippen LogP contribution in [0.3, 0.4) is 0 Å². The van der Waals surface area contributed by atoms with E-state index in [-0.39, 0.29) is 5.56 Å². The van der Waals surface area contributed by atoms with Gasteiger partial charge in [-0.25, -0.2) is 4.68 Å². The number of nitrogens with zero attached hydrogens (tertiary/aromatic N) is 3. The number of thiol groups is 1. The molecule has 0 N–H and O–H groups in total. The number of benzene rings is 1. The van der Waals surface area contributed by atoms with Crippen LogP contribution in [0.15, 0.2) is 29.1 Å². The van der Waals surface area contributed by atoms with Gasteiger partial charge in [-0.1, -0.05) is 30.2 Å². The van der Waals surface area contributed by atoms with Gasteiger partial charge in [-0.05, 0) is 30.7 Å². The Balaban J connectivity index is 2.05. The largest absolute Gasteiger partial charge is 0.277 e. The summed E-state index contributed by atoms with van der Waals surface area (Å²) in [5, 5.41) is 8.66. The van der Waals surface area contributed by atoms with Crippen molar-refractivity contribution in [3.05, 3.63) is 34.6 Å². The lowest BCUT2D eigenvalue weighted by Gasteiger charge is -2.04. The average molecular weight is 263 g/mol. The SMILES string of the molecule is O=c1c2ccccc2nnn1CCCCCCS. The third-order valence-corrected chi connectivity index (χ3v) is 3.22. The van der Waals surface area contributed by atoms with Gasteiger partial charge in [-0.3, -0.25) is 4.79 Å². The molecule has 1 aromatic carbocycles. The van der Waals surface area contributed by atoms with Gasteiger partial charge < -0.3 is 0 Å². The number of fused-ring (bicyclic) bond motifs is 1. The number of rotatable bonds is 6. The van der Waals surface area contributed by atoms with Crippen molar-refractivity contribution in [1.82, 2.24) is 15.0 Å². The van der Waals surface area contributed by atoms with Crippen molar-refractivity contribution < 1.29 is 0 Å². The molecule has 4 nitrogen and oxygen atoms in total. The zero-order valence-corrected chi connectivity index (χ0v) is 11.1. The number of aryl methyl sites for hydroxylation is 1. The van der Waals surface area contributed by atoms with Crippen LogP contribution < -0.4 is 5.56 Å². The van der Waals surface area contributed by atoms with Crippen molar-refractivity contribution in [3.8, 4) is 0 Å². The molecule has 2 aromatic rings. The molecule has 1 aromatic heterocycles. The summed E-state index contributed by atoms with van der Waals surface area (Å²) in [5.74, 6) is 0.926. The van der Waals surface area contributed by atoms with E-state index in [2.05, 4.69) is 22.9 Å². The van der Waals surface area contributed by atoms with Crippen molar-refractivity contribution in [2.24, 2.45) is 0 Å². The molecule has 96 valence electrons. The molecular weight excluding hydrogens is 246 g/mol. The van der Waals surface area contributed by atoms with Crippen LogP contribution in [-0.4, -0.2) is 20.7 Å². The van der Waals surface area contributed by atoms with Crippen LogP contribution in [-0.2, 0) is 6.54 Å². The standard InChI is InChI=1S/C13H17N3OS/c17-13-11-7-3-4-8-12(11)14-15-16(13)9-5-1-2-6-10-18/h3-4,7-8,18H,1-2,5-6,9-10H2. The fourth-order valence-electron chi connectivity index (χ4n) is 1.90. The Morgan fingerprint density at radius 3 is 2.72 bits per heavy atom. The highest BCUT2D eigenvalue weighted by Gasteiger charge is 2.03. The molecule has 5 heteroatoms. The van der Waals surface area contributed by atoms with Crippen molar-refractivity contribution >= 4 is 23.5 Å². The first-order valence-corrected chi connectivity index (χ1v) is 6.89. The average Bonchev–Trinajstić information content (AvgIpc) is 2.41. The molecule has 0 radical (unpaired) electrons. The number of hydrogen-bond donors (Lipinski definition) is 1. The highest BCUT2D eigenvalue weighted by molar-refractivity contribution is 7.80. The Labute approximate surface area is 111 Å². The van der Waals surface area contributed by atoms with E-state index >= 15 is 0 Å². The molecule has 0 aliphatic heterocycles. The van der Waals surface area contributed by atoms with E-state index in [0.717, 1.165) is 31.4 Å². The lowest BCUT2D eigenvalue weighted by atomic mass is 10.2. The molecule has 0 saturated carbocycles. The highest BCUT2D eigenvalue weighted by Crippen LogP contribution is 2.05. The molecule has 0 aliphatic rings. The first kappa shape index (κ1) is 13.1. The summed E-state index contributed by atoms with van der Waals surface area (Å²) in [7, 11) is 0. The topological polar surface area (TPSA) is 47.8 Å². The second-order valence-corrected chi connectivity index (χ2v) is 4.72. The van der Waals surface area contributed by atoms with E-state index in [1.165, 1.54) is 4.68 Å². The van der Waals surface area contributed by atoms with Gasteiger partial charge in [0.15, 0.2) is 0 Å². The van der Waals surface area contributed by atoms with Crippen molar-refractivity contribution in [2.75, 3.05) is 5.75 Å². The predicted octanol–water partition coefficient (Wildman–Crippen LogP) is 2.28. The summed E-state index contributed by atoms with van der Waals surface area (Å²) < 4.78 is 1.46. The van der Waals surface area contributed by atoms with Crippen LogP contribution in [0, 0.1) is 0 Å². The number of unbranched alkanes of at least 4 members (excludes halogenated alkanes) is 3. The third kappa shape index (κ3) is 3.10. The van der Waals surface area contributed by atoms with E-state index in [1.54, 1.807) is 12.1 Å². The van der Waals surface area contributed by atoms with Crippen molar-refractivity contribution in [2.45, 2.75) is 32.2 Å². The summed E-state index contributed by atoms with van der Waals surface area (Å²) >= 11 is 4.17. The van der Waals surface area contributed by atoms with Gasteiger partial charge in [0.2, 0.25) is 0 Å². The quantitative estimate of drug-likeness (QED) is 0.642. The molecule has 0 amide bonds. The van der Waals surface area contributed by atoms with Gasteiger partial charge >= 0.3 is 0 Å². The van der Waals surface area contributed by atoms with Crippen molar-refractivity contribution in [3.63, 3.8) is 0 Å². The maximum Gasteiger partial charge on any atom is 0.277 e.